The summed E-state index contributed by atoms with van der Waals surface area (Å²) in [6.07, 6.45) is 0. The lowest BCUT2D eigenvalue weighted by molar-refractivity contribution is 0.101. The highest BCUT2D eigenvalue weighted by atomic mass is 16.2. The van der Waals surface area contributed by atoms with Crippen LogP contribution in [0.1, 0.15) is 37.0 Å². The molecule has 7 nitrogen and oxygen atoms in total. The van der Waals surface area contributed by atoms with E-state index in [1.807, 2.05) is 20.8 Å². The number of aromatic amines is 1. The molecule has 0 spiro atoms. The Morgan fingerprint density at radius 1 is 1.35 bits per heavy atom. The molecule has 1 amide bonds. The van der Waals surface area contributed by atoms with Crippen LogP contribution in [0.3, 0.4) is 0 Å². The summed E-state index contributed by atoms with van der Waals surface area (Å²) in [7, 11) is 1.49. The highest BCUT2D eigenvalue weighted by Gasteiger charge is 2.18. The molecule has 0 aliphatic carbocycles. The van der Waals surface area contributed by atoms with Gasteiger partial charge in [0, 0.05) is 30.3 Å². The smallest absolute Gasteiger partial charge is 0.277 e. The topological polar surface area (TPSA) is 92.7 Å². The first kappa shape index (κ1) is 14.0. The molecule has 0 atom stereocenters. The van der Waals surface area contributed by atoms with Gasteiger partial charge in [0.1, 0.15) is 5.69 Å². The lowest BCUT2D eigenvalue weighted by atomic mass is 9.92. The molecule has 0 aliphatic rings. The van der Waals surface area contributed by atoms with E-state index in [0.717, 1.165) is 10.4 Å². The van der Waals surface area contributed by atoms with E-state index in [2.05, 4.69) is 20.6 Å². The molecule has 2 heterocycles. The van der Waals surface area contributed by atoms with Gasteiger partial charge in [0.2, 0.25) is 0 Å². The Balaban J connectivity index is 2.17. The minimum Gasteiger partial charge on any atom is -0.304 e. The average molecular weight is 275 g/mol. The largest absolute Gasteiger partial charge is 0.304 e. The predicted molar refractivity (Wildman–Crippen MR) is 74.7 cm³/mol. The summed E-state index contributed by atoms with van der Waals surface area (Å²) in [6, 6.07) is 4.46. The third-order valence-electron chi connectivity index (χ3n) is 2.82. The number of aromatic nitrogens is 4. The van der Waals surface area contributed by atoms with Crippen LogP contribution in [0.15, 0.2) is 23.0 Å². The Morgan fingerprint density at radius 2 is 2.05 bits per heavy atom. The van der Waals surface area contributed by atoms with Gasteiger partial charge in [-0.1, -0.05) is 20.8 Å². The lowest BCUT2D eigenvalue weighted by Crippen LogP contribution is -2.23. The summed E-state index contributed by atoms with van der Waals surface area (Å²) < 4.78 is 1.11. The first-order chi connectivity index (χ1) is 9.27. The Hall–Kier alpha value is -2.44. The summed E-state index contributed by atoms with van der Waals surface area (Å²) in [5, 5.41) is 13.4. The van der Waals surface area contributed by atoms with Crippen LogP contribution in [0.4, 0.5) is 5.82 Å². The van der Waals surface area contributed by atoms with Gasteiger partial charge in [-0.25, -0.2) is 4.68 Å². The number of carbonyl (C=O) groups is 1. The molecule has 0 saturated heterocycles. The fraction of sp³-hybridized carbons (Fsp3) is 0.385. The van der Waals surface area contributed by atoms with Crippen molar-refractivity contribution in [3.05, 3.63) is 39.9 Å². The summed E-state index contributed by atoms with van der Waals surface area (Å²) in [5.41, 5.74) is 0.732. The van der Waals surface area contributed by atoms with Crippen molar-refractivity contribution in [1.29, 1.82) is 0 Å². The number of nitrogens with zero attached hydrogens (tertiary/aromatic N) is 3. The van der Waals surface area contributed by atoms with Gasteiger partial charge in [-0.15, -0.1) is 0 Å². The Labute approximate surface area is 116 Å². The number of carbonyl (C=O) groups excluding carboxylic acids is 1. The average Bonchev–Trinajstić information content (AvgIpc) is 2.81. The molecule has 2 aromatic heterocycles. The molecule has 0 aromatic carbocycles. The summed E-state index contributed by atoms with van der Waals surface area (Å²) in [5.74, 6) is 0.0168. The molecule has 0 radical (unpaired) electrons. The Morgan fingerprint density at radius 3 is 2.60 bits per heavy atom. The molecule has 2 aromatic rings. The maximum absolute atomic E-state index is 12.0. The summed E-state index contributed by atoms with van der Waals surface area (Å²) in [4.78, 5) is 23.2. The van der Waals surface area contributed by atoms with E-state index in [4.69, 9.17) is 0 Å². The number of amides is 1. The highest BCUT2D eigenvalue weighted by molar-refractivity contribution is 6.02. The standard InChI is InChI=1S/C13H17N5O2/c1-13(2,3)9-7-10(16-15-9)14-12(20)8-5-6-11(19)18(4)17-8/h5-7H,1-4H3,(H2,14,15,16,20). The lowest BCUT2D eigenvalue weighted by Gasteiger charge is -2.14. The zero-order valence-corrected chi connectivity index (χ0v) is 11.9. The zero-order chi connectivity index (χ0) is 14.9. The monoisotopic (exact) mass is 275 g/mol. The highest BCUT2D eigenvalue weighted by Crippen LogP contribution is 2.21. The van der Waals surface area contributed by atoms with E-state index < -0.39 is 5.91 Å². The predicted octanol–water partition coefficient (Wildman–Crippen LogP) is 1.05. The summed E-state index contributed by atoms with van der Waals surface area (Å²) >= 11 is 0. The van der Waals surface area contributed by atoms with E-state index in [9.17, 15) is 9.59 Å². The maximum Gasteiger partial charge on any atom is 0.277 e. The molecular formula is C13H17N5O2. The van der Waals surface area contributed by atoms with Crippen molar-refractivity contribution in [2.24, 2.45) is 7.05 Å². The first-order valence-corrected chi connectivity index (χ1v) is 6.19. The van der Waals surface area contributed by atoms with Crippen LogP contribution < -0.4 is 10.9 Å². The van der Waals surface area contributed by atoms with Crippen molar-refractivity contribution in [2.45, 2.75) is 26.2 Å². The Kier molecular flexibility index (Phi) is 3.44. The van der Waals surface area contributed by atoms with E-state index >= 15 is 0 Å². The van der Waals surface area contributed by atoms with Gasteiger partial charge in [-0.05, 0) is 6.07 Å². The number of hydrogen-bond acceptors (Lipinski definition) is 4. The van der Waals surface area contributed by atoms with Crippen molar-refractivity contribution in [3.8, 4) is 0 Å². The number of anilines is 1. The fourth-order valence-electron chi connectivity index (χ4n) is 1.57. The molecule has 0 unspecified atom stereocenters. The van der Waals surface area contributed by atoms with Gasteiger partial charge in [0.15, 0.2) is 5.82 Å². The van der Waals surface area contributed by atoms with Gasteiger partial charge in [0.05, 0.1) is 0 Å². The molecule has 106 valence electrons. The molecule has 20 heavy (non-hydrogen) atoms. The maximum atomic E-state index is 12.0. The number of hydrogen-bond donors (Lipinski definition) is 2. The van der Waals surface area contributed by atoms with Gasteiger partial charge in [0.25, 0.3) is 11.5 Å². The molecular weight excluding hydrogens is 258 g/mol. The quantitative estimate of drug-likeness (QED) is 0.856. The van der Waals surface area contributed by atoms with Gasteiger partial charge < -0.3 is 5.32 Å². The molecule has 0 bridgehead atoms. The van der Waals surface area contributed by atoms with Crippen LogP contribution >= 0.6 is 0 Å². The van der Waals surface area contributed by atoms with Crippen molar-refractivity contribution >= 4 is 11.7 Å². The number of H-pyrrole nitrogens is 1. The second kappa shape index (κ2) is 4.92. The minimum atomic E-state index is -0.410. The van der Waals surface area contributed by atoms with Gasteiger partial charge >= 0.3 is 0 Å². The van der Waals surface area contributed by atoms with E-state index in [-0.39, 0.29) is 16.7 Å². The van der Waals surface area contributed by atoms with Crippen LogP contribution in [0, 0.1) is 0 Å². The molecule has 0 fully saturated rings. The molecule has 0 aliphatic heterocycles. The minimum absolute atomic E-state index is 0.0785. The molecule has 2 rings (SSSR count). The van der Waals surface area contributed by atoms with Gasteiger partial charge in [-0.2, -0.15) is 10.2 Å². The number of nitrogens with one attached hydrogen (secondary N) is 2. The van der Waals surface area contributed by atoms with Gasteiger partial charge in [-0.3, -0.25) is 14.7 Å². The second-order valence-electron chi connectivity index (χ2n) is 5.55. The Bertz CT molecular complexity index is 693. The van der Waals surface area contributed by atoms with Crippen molar-refractivity contribution in [3.63, 3.8) is 0 Å². The number of aryl methyl sites for hydroxylation is 1. The van der Waals surface area contributed by atoms with Crippen LogP contribution in [0.25, 0.3) is 0 Å². The van der Waals surface area contributed by atoms with Crippen LogP contribution in [-0.4, -0.2) is 25.9 Å². The molecule has 0 saturated carbocycles. The number of rotatable bonds is 2. The van der Waals surface area contributed by atoms with E-state index in [1.165, 1.54) is 19.2 Å². The van der Waals surface area contributed by atoms with Crippen LogP contribution in [-0.2, 0) is 12.5 Å². The van der Waals surface area contributed by atoms with Crippen LogP contribution in [0.5, 0.6) is 0 Å². The molecule has 2 N–H and O–H groups in total. The zero-order valence-electron chi connectivity index (χ0n) is 11.9. The van der Waals surface area contributed by atoms with E-state index in [0.29, 0.717) is 5.82 Å². The normalized spacial score (nSPS) is 11.4. The summed E-state index contributed by atoms with van der Waals surface area (Å²) in [6.45, 7) is 6.13. The molecule has 7 heteroatoms. The van der Waals surface area contributed by atoms with Crippen LogP contribution in [0.2, 0.25) is 0 Å². The SMILES string of the molecule is Cn1nc(C(=O)Nc2cc(C(C)(C)C)[nH]n2)ccc1=O. The fourth-order valence-corrected chi connectivity index (χ4v) is 1.57. The van der Waals surface area contributed by atoms with Crippen molar-refractivity contribution < 1.29 is 4.79 Å². The van der Waals surface area contributed by atoms with Crippen molar-refractivity contribution in [1.82, 2.24) is 20.0 Å². The first-order valence-electron chi connectivity index (χ1n) is 6.19. The van der Waals surface area contributed by atoms with Crippen molar-refractivity contribution in [2.75, 3.05) is 5.32 Å². The third-order valence-corrected chi connectivity index (χ3v) is 2.82. The van der Waals surface area contributed by atoms with E-state index in [1.54, 1.807) is 6.07 Å². The second-order valence-corrected chi connectivity index (χ2v) is 5.55. The third kappa shape index (κ3) is 2.93.